The SMILES string of the molecule is O=C([O-])C1=NN(c2cccc([N+](=O)[O-])c2)C(=O)C1.[Na+]. The van der Waals surface area contributed by atoms with Gasteiger partial charge in [-0.25, -0.2) is 0 Å². The van der Waals surface area contributed by atoms with Gasteiger partial charge < -0.3 is 9.90 Å². The normalized spacial score (nSPS) is 13.8. The van der Waals surface area contributed by atoms with Gasteiger partial charge in [-0.2, -0.15) is 10.1 Å². The minimum Gasteiger partial charge on any atom is -0.543 e. The minimum absolute atomic E-state index is 0. The second-order valence-electron chi connectivity index (χ2n) is 3.49. The van der Waals surface area contributed by atoms with E-state index < -0.39 is 22.5 Å². The molecule has 1 heterocycles. The van der Waals surface area contributed by atoms with Gasteiger partial charge in [-0.15, -0.1) is 0 Å². The van der Waals surface area contributed by atoms with Crippen LogP contribution < -0.4 is 39.7 Å². The summed E-state index contributed by atoms with van der Waals surface area (Å²) in [5.74, 6) is -2.11. The van der Waals surface area contributed by atoms with E-state index in [1.165, 1.54) is 18.2 Å². The van der Waals surface area contributed by atoms with Gasteiger partial charge in [0.25, 0.3) is 11.6 Å². The van der Waals surface area contributed by atoms with Gasteiger partial charge in [0, 0.05) is 12.1 Å². The molecule has 0 aromatic heterocycles. The van der Waals surface area contributed by atoms with Crippen LogP contribution in [0.15, 0.2) is 29.4 Å². The predicted molar refractivity (Wildman–Crippen MR) is 57.6 cm³/mol. The Morgan fingerprint density at radius 3 is 2.63 bits per heavy atom. The number of carboxylic acid groups (broad SMARTS) is 1. The molecule has 1 aliphatic heterocycles. The van der Waals surface area contributed by atoms with E-state index in [1.807, 2.05) is 0 Å². The Hall–Kier alpha value is -1.77. The summed E-state index contributed by atoms with van der Waals surface area (Å²) < 4.78 is 0. The van der Waals surface area contributed by atoms with Crippen LogP contribution in [0.2, 0.25) is 0 Å². The Morgan fingerprint density at radius 2 is 2.11 bits per heavy atom. The molecule has 0 aliphatic carbocycles. The molecule has 0 radical (unpaired) electrons. The van der Waals surface area contributed by atoms with Gasteiger partial charge in [-0.3, -0.25) is 14.9 Å². The summed E-state index contributed by atoms with van der Waals surface area (Å²) in [4.78, 5) is 32.1. The summed E-state index contributed by atoms with van der Waals surface area (Å²) in [5.41, 5.74) is -0.464. The molecule has 0 N–H and O–H groups in total. The van der Waals surface area contributed by atoms with Crippen LogP contribution in [0.25, 0.3) is 0 Å². The van der Waals surface area contributed by atoms with Gasteiger partial charge in [0.1, 0.15) is 0 Å². The van der Waals surface area contributed by atoms with E-state index in [0.29, 0.717) is 0 Å². The van der Waals surface area contributed by atoms with Crippen LogP contribution in [-0.4, -0.2) is 22.5 Å². The van der Waals surface area contributed by atoms with E-state index in [-0.39, 0.29) is 47.4 Å². The fraction of sp³-hybridized carbons (Fsp3) is 0.100. The van der Waals surface area contributed by atoms with Crippen LogP contribution in [-0.2, 0) is 9.59 Å². The first-order valence-electron chi connectivity index (χ1n) is 4.85. The quantitative estimate of drug-likeness (QED) is 0.320. The molecule has 1 aliphatic rings. The summed E-state index contributed by atoms with van der Waals surface area (Å²) in [6.45, 7) is 0. The van der Waals surface area contributed by atoms with Crippen molar-refractivity contribution in [2.75, 3.05) is 5.01 Å². The van der Waals surface area contributed by atoms with E-state index in [2.05, 4.69) is 5.10 Å². The summed E-state index contributed by atoms with van der Waals surface area (Å²) in [6, 6.07) is 5.20. The minimum atomic E-state index is -1.53. The molecule has 0 fully saturated rings. The van der Waals surface area contributed by atoms with Gasteiger partial charge in [0.05, 0.1) is 28.7 Å². The Labute approximate surface area is 129 Å². The summed E-state index contributed by atoms with van der Waals surface area (Å²) in [6.07, 6.45) is -0.384. The zero-order chi connectivity index (χ0) is 13.3. The largest absolute Gasteiger partial charge is 1.00 e. The maximum absolute atomic E-state index is 11.5. The fourth-order valence-corrected chi connectivity index (χ4v) is 1.48. The molecule has 1 amide bonds. The first-order chi connectivity index (χ1) is 8.49. The predicted octanol–water partition coefficient (Wildman–Crippen LogP) is -3.56. The standard InChI is InChI=1S/C10H7N3O5.Na/c14-9-5-8(10(15)16)11-12(9)6-2-1-3-7(4-6)13(17)18;/h1-4H,5H2,(H,15,16);/q;+1/p-1. The van der Waals surface area contributed by atoms with E-state index in [0.717, 1.165) is 11.1 Å². The molecule has 0 saturated heterocycles. The van der Waals surface area contributed by atoms with Crippen LogP contribution in [0, 0.1) is 10.1 Å². The molecule has 0 saturated carbocycles. The topological polar surface area (TPSA) is 116 Å². The van der Waals surface area contributed by atoms with Gasteiger partial charge in [-0.05, 0) is 6.07 Å². The molecule has 1 aromatic carbocycles. The van der Waals surface area contributed by atoms with Crippen molar-refractivity contribution in [1.29, 1.82) is 0 Å². The number of carbonyl (C=O) groups is 2. The van der Waals surface area contributed by atoms with Crippen molar-refractivity contribution in [3.05, 3.63) is 34.4 Å². The number of nitro benzene ring substituents is 1. The maximum Gasteiger partial charge on any atom is 1.00 e. The number of amides is 1. The number of benzene rings is 1. The van der Waals surface area contributed by atoms with Gasteiger partial charge in [0.2, 0.25) is 0 Å². The number of anilines is 1. The molecule has 1 aromatic rings. The van der Waals surface area contributed by atoms with Crippen molar-refractivity contribution in [2.24, 2.45) is 5.10 Å². The van der Waals surface area contributed by atoms with Crippen molar-refractivity contribution < 1.29 is 49.2 Å². The number of rotatable bonds is 3. The third kappa shape index (κ3) is 3.16. The van der Waals surface area contributed by atoms with Crippen LogP contribution in [0.3, 0.4) is 0 Å². The van der Waals surface area contributed by atoms with Gasteiger partial charge >= 0.3 is 29.6 Å². The second kappa shape index (κ2) is 5.91. The molecule has 0 atom stereocenters. The molecule has 9 heteroatoms. The van der Waals surface area contributed by atoms with E-state index in [1.54, 1.807) is 0 Å². The number of aliphatic carboxylic acids is 1. The molecule has 0 unspecified atom stereocenters. The number of nitrogens with zero attached hydrogens (tertiary/aromatic N) is 3. The zero-order valence-electron chi connectivity index (χ0n) is 9.90. The van der Waals surface area contributed by atoms with Gasteiger partial charge in [0.15, 0.2) is 0 Å². The van der Waals surface area contributed by atoms with Gasteiger partial charge in [-0.1, -0.05) is 6.07 Å². The Kier molecular flexibility index (Phi) is 4.76. The average molecular weight is 271 g/mol. The monoisotopic (exact) mass is 271 g/mol. The number of carbonyl (C=O) groups excluding carboxylic acids is 2. The maximum atomic E-state index is 11.5. The van der Waals surface area contributed by atoms with Crippen molar-refractivity contribution in [3.8, 4) is 0 Å². The van der Waals surface area contributed by atoms with Crippen LogP contribution in [0.5, 0.6) is 0 Å². The number of nitro groups is 1. The van der Waals surface area contributed by atoms with Crippen LogP contribution in [0.4, 0.5) is 11.4 Å². The molecular formula is C10H6N3NaO5. The van der Waals surface area contributed by atoms with E-state index in [9.17, 15) is 24.8 Å². The smallest absolute Gasteiger partial charge is 0.543 e. The first kappa shape index (κ1) is 15.3. The van der Waals surface area contributed by atoms with E-state index in [4.69, 9.17) is 0 Å². The number of non-ortho nitro benzene ring substituents is 1. The summed E-state index contributed by atoms with van der Waals surface area (Å²) >= 11 is 0. The molecule has 2 rings (SSSR count). The zero-order valence-corrected chi connectivity index (χ0v) is 11.9. The van der Waals surface area contributed by atoms with Crippen molar-refractivity contribution in [3.63, 3.8) is 0 Å². The molecule has 0 spiro atoms. The molecule has 92 valence electrons. The van der Waals surface area contributed by atoms with E-state index >= 15 is 0 Å². The Bertz CT molecular complexity index is 586. The molecule has 19 heavy (non-hydrogen) atoms. The summed E-state index contributed by atoms with van der Waals surface area (Å²) in [5, 5.41) is 25.5. The molecular weight excluding hydrogens is 265 g/mol. The molecule has 8 nitrogen and oxygen atoms in total. The van der Waals surface area contributed by atoms with Crippen LogP contribution >= 0.6 is 0 Å². The summed E-state index contributed by atoms with van der Waals surface area (Å²) in [7, 11) is 0. The second-order valence-corrected chi connectivity index (χ2v) is 3.49. The van der Waals surface area contributed by atoms with Crippen molar-refractivity contribution in [1.82, 2.24) is 0 Å². The van der Waals surface area contributed by atoms with Crippen molar-refractivity contribution in [2.45, 2.75) is 6.42 Å². The number of hydrazone groups is 1. The number of hydrogen-bond donors (Lipinski definition) is 0. The van der Waals surface area contributed by atoms with Crippen molar-refractivity contribution >= 4 is 29.0 Å². The number of carboxylic acids is 1. The third-order valence-corrected chi connectivity index (χ3v) is 2.30. The molecule has 0 bridgehead atoms. The number of hydrogen-bond acceptors (Lipinski definition) is 6. The first-order valence-corrected chi connectivity index (χ1v) is 4.85. The Morgan fingerprint density at radius 1 is 1.42 bits per heavy atom. The Balaban J connectivity index is 0.00000180. The third-order valence-electron chi connectivity index (χ3n) is 2.30. The average Bonchev–Trinajstić information content (AvgIpc) is 2.72. The fourth-order valence-electron chi connectivity index (χ4n) is 1.48. The van der Waals surface area contributed by atoms with Crippen LogP contribution in [0.1, 0.15) is 6.42 Å².